The maximum Gasteiger partial charge on any atom is 0.337 e. The molecule has 1 aromatic heterocycles. The number of rotatable bonds is 6. The summed E-state index contributed by atoms with van der Waals surface area (Å²) in [6, 6.07) is 5.16. The standard InChI is InChI=1S/C18H26N4O4S/c1-5-6-13-10-22(11-15(13)20-27(4,24)25)18-19-14-9-12(17(23)26-3)7-8-16(14)21(18)2/h7-9,13,15,20H,5-6,10-11H2,1-4H3/t13-,15-/m0/s1. The van der Waals surface area contributed by atoms with E-state index in [0.717, 1.165) is 30.9 Å². The van der Waals surface area contributed by atoms with E-state index in [2.05, 4.69) is 16.5 Å². The third kappa shape index (κ3) is 4.08. The topological polar surface area (TPSA) is 93.5 Å². The molecular formula is C18H26N4O4S. The van der Waals surface area contributed by atoms with Gasteiger partial charge in [-0.25, -0.2) is 22.9 Å². The van der Waals surface area contributed by atoms with Crippen molar-refractivity contribution in [2.24, 2.45) is 13.0 Å². The van der Waals surface area contributed by atoms with Gasteiger partial charge in [0.2, 0.25) is 16.0 Å². The molecule has 1 aliphatic rings. The number of hydrogen-bond donors (Lipinski definition) is 1. The van der Waals surface area contributed by atoms with Crippen LogP contribution in [0.3, 0.4) is 0 Å². The fourth-order valence-corrected chi connectivity index (χ4v) is 4.64. The van der Waals surface area contributed by atoms with Crippen molar-refractivity contribution in [1.29, 1.82) is 0 Å². The lowest BCUT2D eigenvalue weighted by atomic mass is 9.99. The predicted octanol–water partition coefficient (Wildman–Crippen LogP) is 1.51. The van der Waals surface area contributed by atoms with Gasteiger partial charge in [0.15, 0.2) is 0 Å². The number of carbonyl (C=O) groups is 1. The number of carbonyl (C=O) groups excluding carboxylic acids is 1. The van der Waals surface area contributed by atoms with Gasteiger partial charge >= 0.3 is 5.97 Å². The highest BCUT2D eigenvalue weighted by Gasteiger charge is 2.35. The molecule has 27 heavy (non-hydrogen) atoms. The first-order chi connectivity index (χ1) is 12.7. The van der Waals surface area contributed by atoms with Gasteiger partial charge in [0.1, 0.15) is 0 Å². The highest BCUT2D eigenvalue weighted by atomic mass is 32.2. The SMILES string of the molecule is CCC[C@H]1CN(c2nc3cc(C(=O)OC)ccc3n2C)C[C@@H]1NS(C)(=O)=O. The minimum Gasteiger partial charge on any atom is -0.465 e. The average Bonchev–Trinajstić information content (AvgIpc) is 3.14. The van der Waals surface area contributed by atoms with Gasteiger partial charge in [-0.05, 0) is 30.5 Å². The van der Waals surface area contributed by atoms with E-state index in [0.29, 0.717) is 17.6 Å². The van der Waals surface area contributed by atoms with Crippen LogP contribution in [-0.4, -0.2) is 56.4 Å². The van der Waals surface area contributed by atoms with E-state index < -0.39 is 16.0 Å². The highest BCUT2D eigenvalue weighted by molar-refractivity contribution is 7.88. The number of hydrogen-bond acceptors (Lipinski definition) is 6. The van der Waals surface area contributed by atoms with Crippen molar-refractivity contribution >= 4 is 33.0 Å². The van der Waals surface area contributed by atoms with Crippen LogP contribution in [0, 0.1) is 5.92 Å². The summed E-state index contributed by atoms with van der Waals surface area (Å²) in [7, 11) is 0.00335. The molecular weight excluding hydrogens is 368 g/mol. The molecule has 0 spiro atoms. The van der Waals surface area contributed by atoms with Crippen LogP contribution < -0.4 is 9.62 Å². The molecule has 1 aromatic carbocycles. The first-order valence-corrected chi connectivity index (χ1v) is 10.9. The third-order valence-electron chi connectivity index (χ3n) is 5.03. The van der Waals surface area contributed by atoms with Crippen LogP contribution in [0.4, 0.5) is 5.95 Å². The summed E-state index contributed by atoms with van der Waals surface area (Å²) in [4.78, 5) is 18.6. The van der Waals surface area contributed by atoms with E-state index in [4.69, 9.17) is 9.72 Å². The van der Waals surface area contributed by atoms with E-state index in [-0.39, 0.29) is 12.0 Å². The van der Waals surface area contributed by atoms with E-state index in [1.165, 1.54) is 13.4 Å². The zero-order valence-corrected chi connectivity index (χ0v) is 16.9. The second-order valence-corrected chi connectivity index (χ2v) is 8.90. The number of esters is 1. The Kier molecular flexibility index (Phi) is 5.43. The fraction of sp³-hybridized carbons (Fsp3) is 0.556. The van der Waals surface area contributed by atoms with E-state index in [1.54, 1.807) is 12.1 Å². The first-order valence-electron chi connectivity index (χ1n) is 9.00. The van der Waals surface area contributed by atoms with Crippen LogP contribution in [-0.2, 0) is 21.8 Å². The molecule has 1 fully saturated rings. The molecule has 2 aromatic rings. The Bertz CT molecular complexity index is 954. The lowest BCUT2D eigenvalue weighted by molar-refractivity contribution is 0.0601. The Hall–Kier alpha value is -2.13. The van der Waals surface area contributed by atoms with Crippen LogP contribution in [0.25, 0.3) is 11.0 Å². The van der Waals surface area contributed by atoms with Gasteiger partial charge in [0.25, 0.3) is 0 Å². The van der Waals surface area contributed by atoms with Crippen molar-refractivity contribution in [3.05, 3.63) is 23.8 Å². The summed E-state index contributed by atoms with van der Waals surface area (Å²) < 4.78 is 33.0. The molecule has 0 unspecified atom stereocenters. The molecule has 0 radical (unpaired) electrons. The summed E-state index contributed by atoms with van der Waals surface area (Å²) in [5, 5.41) is 0. The van der Waals surface area contributed by atoms with Crippen LogP contribution in [0.2, 0.25) is 0 Å². The summed E-state index contributed by atoms with van der Waals surface area (Å²) >= 11 is 0. The normalized spacial score (nSPS) is 20.4. The molecule has 148 valence electrons. The van der Waals surface area contributed by atoms with E-state index in [9.17, 15) is 13.2 Å². The van der Waals surface area contributed by atoms with Gasteiger partial charge in [0, 0.05) is 26.2 Å². The Labute approximate surface area is 159 Å². The number of aromatic nitrogens is 2. The Balaban J connectivity index is 1.92. The summed E-state index contributed by atoms with van der Waals surface area (Å²) in [6.07, 6.45) is 3.13. The van der Waals surface area contributed by atoms with Crippen molar-refractivity contribution in [3.8, 4) is 0 Å². The molecule has 2 atom stereocenters. The first kappa shape index (κ1) is 19.6. The molecule has 1 N–H and O–H groups in total. The monoisotopic (exact) mass is 394 g/mol. The number of aryl methyl sites for hydroxylation is 1. The van der Waals surface area contributed by atoms with E-state index in [1.807, 2.05) is 17.7 Å². The van der Waals surface area contributed by atoms with Crippen molar-refractivity contribution in [2.45, 2.75) is 25.8 Å². The molecule has 8 nitrogen and oxygen atoms in total. The van der Waals surface area contributed by atoms with Crippen molar-refractivity contribution < 1.29 is 17.9 Å². The highest BCUT2D eigenvalue weighted by Crippen LogP contribution is 2.29. The molecule has 0 saturated carbocycles. The number of nitrogens with one attached hydrogen (secondary N) is 1. The van der Waals surface area contributed by atoms with Gasteiger partial charge in [-0.15, -0.1) is 0 Å². The third-order valence-corrected chi connectivity index (χ3v) is 5.76. The molecule has 2 heterocycles. The Morgan fingerprint density at radius 3 is 2.74 bits per heavy atom. The molecule has 9 heteroatoms. The van der Waals surface area contributed by atoms with Gasteiger partial charge < -0.3 is 14.2 Å². The molecule has 1 aliphatic heterocycles. The lowest BCUT2D eigenvalue weighted by Crippen LogP contribution is -2.40. The number of anilines is 1. The number of ether oxygens (including phenoxy) is 1. The van der Waals surface area contributed by atoms with Crippen LogP contribution in [0.1, 0.15) is 30.1 Å². The second-order valence-electron chi connectivity index (χ2n) is 7.12. The van der Waals surface area contributed by atoms with E-state index >= 15 is 0 Å². The average molecular weight is 394 g/mol. The van der Waals surface area contributed by atoms with Crippen LogP contribution >= 0.6 is 0 Å². The van der Waals surface area contributed by atoms with Crippen molar-refractivity contribution in [1.82, 2.24) is 14.3 Å². The summed E-state index contributed by atoms with van der Waals surface area (Å²) in [5.41, 5.74) is 2.07. The number of sulfonamides is 1. The van der Waals surface area contributed by atoms with Gasteiger partial charge in [-0.3, -0.25) is 0 Å². The number of nitrogens with zero attached hydrogens (tertiary/aromatic N) is 3. The smallest absolute Gasteiger partial charge is 0.337 e. The quantitative estimate of drug-likeness (QED) is 0.747. The molecule has 1 saturated heterocycles. The second kappa shape index (κ2) is 7.47. The molecule has 0 bridgehead atoms. The van der Waals surface area contributed by atoms with Gasteiger partial charge in [-0.1, -0.05) is 13.3 Å². The maximum absolute atomic E-state index is 11.8. The minimum atomic E-state index is -3.27. The Morgan fingerprint density at radius 2 is 2.11 bits per heavy atom. The van der Waals surface area contributed by atoms with Gasteiger partial charge in [0.05, 0.1) is 30.0 Å². The molecule has 0 aliphatic carbocycles. The largest absolute Gasteiger partial charge is 0.465 e. The zero-order chi connectivity index (χ0) is 19.8. The van der Waals surface area contributed by atoms with Crippen molar-refractivity contribution in [2.75, 3.05) is 31.4 Å². The molecule has 0 amide bonds. The zero-order valence-electron chi connectivity index (χ0n) is 16.1. The summed E-state index contributed by atoms with van der Waals surface area (Å²) in [6.45, 7) is 3.41. The van der Waals surface area contributed by atoms with Crippen LogP contribution in [0.15, 0.2) is 18.2 Å². The number of methoxy groups -OCH3 is 1. The minimum absolute atomic E-state index is 0.134. The maximum atomic E-state index is 11.8. The molecule has 3 rings (SSSR count). The number of benzene rings is 1. The predicted molar refractivity (Wildman–Crippen MR) is 104 cm³/mol. The lowest BCUT2D eigenvalue weighted by Gasteiger charge is -2.17. The van der Waals surface area contributed by atoms with Crippen molar-refractivity contribution in [3.63, 3.8) is 0 Å². The van der Waals surface area contributed by atoms with Crippen LogP contribution in [0.5, 0.6) is 0 Å². The fourth-order valence-electron chi connectivity index (χ4n) is 3.82. The number of fused-ring (bicyclic) bond motifs is 1. The number of imidazole rings is 1. The summed E-state index contributed by atoms with van der Waals surface area (Å²) in [5.74, 6) is 0.604. The van der Waals surface area contributed by atoms with Gasteiger partial charge in [-0.2, -0.15) is 0 Å². The Morgan fingerprint density at radius 1 is 1.37 bits per heavy atom.